The minimum Gasteiger partial charge on any atom is -0.477 e. The number of rotatable bonds is 7. The van der Waals surface area contributed by atoms with E-state index in [0.717, 1.165) is 4.88 Å². The van der Waals surface area contributed by atoms with E-state index in [1.54, 1.807) is 6.92 Å². The van der Waals surface area contributed by atoms with Crippen molar-refractivity contribution in [2.24, 2.45) is 0 Å². The third-order valence-electron chi connectivity index (χ3n) is 4.18. The summed E-state index contributed by atoms with van der Waals surface area (Å²) in [5.41, 5.74) is 0.221. The standard InChI is InChI=1S/C17H18N2O6S2/c1-2-12(21)25-7-9-8-27-16-13(15(22)19(16)14(9)17(23)24)18-11(20)6-10-4-3-5-26-10/h3-5,13,16H,2,6-8H2,1H3,(H,18,20)(H,23,24). The van der Waals surface area contributed by atoms with Crippen LogP contribution in [0, 0.1) is 0 Å². The molecule has 2 unspecified atom stereocenters. The monoisotopic (exact) mass is 410 g/mol. The normalized spacial score (nSPS) is 21.4. The molecule has 0 aliphatic carbocycles. The van der Waals surface area contributed by atoms with Crippen LogP contribution >= 0.6 is 23.1 Å². The lowest BCUT2D eigenvalue weighted by Gasteiger charge is -2.49. The lowest BCUT2D eigenvalue weighted by molar-refractivity contribution is -0.151. The van der Waals surface area contributed by atoms with Crippen LogP contribution in [0.15, 0.2) is 28.8 Å². The maximum atomic E-state index is 12.5. The Bertz CT molecular complexity index is 804. The number of carbonyl (C=O) groups is 4. The van der Waals surface area contributed by atoms with Gasteiger partial charge in [-0.1, -0.05) is 13.0 Å². The Labute approximate surface area is 163 Å². The molecule has 1 aromatic heterocycles. The minimum atomic E-state index is -1.25. The van der Waals surface area contributed by atoms with Crippen molar-refractivity contribution in [1.29, 1.82) is 0 Å². The highest BCUT2D eigenvalue weighted by Gasteiger charge is 2.54. The number of nitrogens with one attached hydrogen (secondary N) is 1. The third kappa shape index (κ3) is 4.01. The number of carboxylic acids is 1. The Balaban J connectivity index is 1.68. The Hall–Kier alpha value is -2.33. The van der Waals surface area contributed by atoms with Gasteiger partial charge in [-0.05, 0) is 11.4 Å². The molecule has 27 heavy (non-hydrogen) atoms. The minimum absolute atomic E-state index is 0.156. The van der Waals surface area contributed by atoms with Gasteiger partial charge in [0, 0.05) is 22.6 Å². The molecule has 1 saturated heterocycles. The van der Waals surface area contributed by atoms with E-state index in [1.165, 1.54) is 28.0 Å². The summed E-state index contributed by atoms with van der Waals surface area (Å²) in [5.74, 6) is -2.12. The number of β-lactam (4-membered cyclic amide) rings is 1. The molecule has 3 rings (SSSR count). The van der Waals surface area contributed by atoms with Gasteiger partial charge >= 0.3 is 11.9 Å². The van der Waals surface area contributed by atoms with Crippen molar-refractivity contribution >= 4 is 46.9 Å². The van der Waals surface area contributed by atoms with Gasteiger partial charge < -0.3 is 15.2 Å². The molecule has 0 saturated carbocycles. The maximum absolute atomic E-state index is 12.5. The van der Waals surface area contributed by atoms with Crippen LogP contribution in [0.3, 0.4) is 0 Å². The zero-order valence-electron chi connectivity index (χ0n) is 14.5. The predicted molar refractivity (Wildman–Crippen MR) is 99.0 cm³/mol. The van der Waals surface area contributed by atoms with Gasteiger partial charge in [0.1, 0.15) is 23.7 Å². The molecular formula is C17H18N2O6S2. The molecule has 0 radical (unpaired) electrons. The van der Waals surface area contributed by atoms with Crippen molar-refractivity contribution < 1.29 is 29.0 Å². The molecule has 2 atom stereocenters. The van der Waals surface area contributed by atoms with Gasteiger partial charge in [0.25, 0.3) is 5.91 Å². The van der Waals surface area contributed by atoms with Gasteiger partial charge in [-0.25, -0.2) is 4.79 Å². The average Bonchev–Trinajstić information content (AvgIpc) is 3.15. The lowest BCUT2D eigenvalue weighted by Crippen LogP contribution is -2.70. The van der Waals surface area contributed by atoms with Crippen molar-refractivity contribution in [2.45, 2.75) is 31.2 Å². The molecule has 0 bridgehead atoms. The van der Waals surface area contributed by atoms with Crippen molar-refractivity contribution in [1.82, 2.24) is 10.2 Å². The number of aliphatic carboxylic acids is 1. The molecule has 144 valence electrons. The van der Waals surface area contributed by atoms with E-state index in [0.29, 0.717) is 11.3 Å². The van der Waals surface area contributed by atoms with Crippen LogP contribution in [0.5, 0.6) is 0 Å². The quantitative estimate of drug-likeness (QED) is 0.509. The molecule has 0 aromatic carbocycles. The average molecular weight is 410 g/mol. The van der Waals surface area contributed by atoms with Gasteiger partial charge in [0.05, 0.1) is 6.42 Å². The van der Waals surface area contributed by atoms with Crippen LogP contribution in [-0.4, -0.2) is 57.5 Å². The van der Waals surface area contributed by atoms with E-state index in [2.05, 4.69) is 5.32 Å². The van der Waals surface area contributed by atoms with E-state index in [-0.39, 0.29) is 31.1 Å². The van der Waals surface area contributed by atoms with E-state index in [4.69, 9.17) is 4.74 Å². The fraction of sp³-hybridized carbons (Fsp3) is 0.412. The summed E-state index contributed by atoms with van der Waals surface area (Å²) in [4.78, 5) is 49.7. The van der Waals surface area contributed by atoms with Gasteiger partial charge in [-0.3, -0.25) is 19.3 Å². The number of thioether (sulfide) groups is 1. The highest BCUT2D eigenvalue weighted by atomic mass is 32.2. The molecule has 3 heterocycles. The topological polar surface area (TPSA) is 113 Å². The van der Waals surface area contributed by atoms with Gasteiger partial charge in [0.15, 0.2) is 0 Å². The van der Waals surface area contributed by atoms with Gasteiger partial charge in [0.2, 0.25) is 5.91 Å². The highest BCUT2D eigenvalue weighted by Crippen LogP contribution is 2.40. The number of fused-ring (bicyclic) bond motifs is 1. The first-order valence-electron chi connectivity index (χ1n) is 8.29. The molecule has 0 spiro atoms. The van der Waals surface area contributed by atoms with E-state index in [1.807, 2.05) is 17.5 Å². The first-order valence-corrected chi connectivity index (χ1v) is 10.2. The number of esters is 1. The Morgan fingerprint density at radius 1 is 1.41 bits per heavy atom. The van der Waals surface area contributed by atoms with Crippen molar-refractivity contribution in [2.75, 3.05) is 12.4 Å². The number of carbonyl (C=O) groups excluding carboxylic acids is 3. The summed E-state index contributed by atoms with van der Waals surface area (Å²) >= 11 is 2.80. The lowest BCUT2D eigenvalue weighted by atomic mass is 10.0. The summed E-state index contributed by atoms with van der Waals surface area (Å²) < 4.78 is 5.02. The molecular weight excluding hydrogens is 392 g/mol. The molecule has 2 amide bonds. The fourth-order valence-corrected chi connectivity index (χ4v) is 4.89. The third-order valence-corrected chi connectivity index (χ3v) is 6.39. The summed E-state index contributed by atoms with van der Waals surface area (Å²) in [5, 5.41) is 13.6. The van der Waals surface area contributed by atoms with Crippen LogP contribution in [0.25, 0.3) is 0 Å². The fourth-order valence-electron chi connectivity index (χ4n) is 2.86. The van der Waals surface area contributed by atoms with E-state index in [9.17, 15) is 24.3 Å². The van der Waals surface area contributed by atoms with Crippen molar-refractivity contribution in [3.63, 3.8) is 0 Å². The van der Waals surface area contributed by atoms with Crippen molar-refractivity contribution in [3.8, 4) is 0 Å². The van der Waals surface area contributed by atoms with E-state index >= 15 is 0 Å². The second kappa shape index (κ2) is 8.13. The van der Waals surface area contributed by atoms with Crippen LogP contribution < -0.4 is 5.32 Å². The van der Waals surface area contributed by atoms with Crippen molar-refractivity contribution in [3.05, 3.63) is 33.7 Å². The predicted octanol–water partition coefficient (Wildman–Crippen LogP) is 0.982. The number of nitrogens with zero attached hydrogens (tertiary/aromatic N) is 1. The number of ether oxygens (including phenoxy) is 1. The molecule has 1 aromatic rings. The summed E-state index contributed by atoms with van der Waals surface area (Å²) in [6.07, 6.45) is 0.366. The summed E-state index contributed by atoms with van der Waals surface area (Å²) in [7, 11) is 0. The number of thiophene rings is 1. The molecule has 2 N–H and O–H groups in total. The van der Waals surface area contributed by atoms with Crippen LogP contribution in [0.4, 0.5) is 0 Å². The first-order chi connectivity index (χ1) is 12.9. The summed E-state index contributed by atoms with van der Waals surface area (Å²) in [6.45, 7) is 1.48. The molecule has 2 aliphatic heterocycles. The first kappa shape index (κ1) is 19.4. The zero-order valence-corrected chi connectivity index (χ0v) is 16.1. The highest BCUT2D eigenvalue weighted by molar-refractivity contribution is 8.00. The SMILES string of the molecule is CCC(=O)OCC1=C(C(=O)O)N2C(=O)C(NC(=O)Cc3cccs3)C2SC1. The van der Waals surface area contributed by atoms with Crippen LogP contribution in [0.1, 0.15) is 18.2 Å². The molecule has 10 heteroatoms. The maximum Gasteiger partial charge on any atom is 0.352 e. The smallest absolute Gasteiger partial charge is 0.352 e. The van der Waals surface area contributed by atoms with Crippen LogP contribution in [-0.2, 0) is 30.3 Å². The second-order valence-electron chi connectivity index (χ2n) is 5.98. The number of amides is 2. The molecule has 8 nitrogen and oxygen atoms in total. The largest absolute Gasteiger partial charge is 0.477 e. The van der Waals surface area contributed by atoms with Gasteiger partial charge in [-0.2, -0.15) is 0 Å². The Morgan fingerprint density at radius 2 is 2.19 bits per heavy atom. The Kier molecular flexibility index (Phi) is 5.85. The number of carboxylic acid groups (broad SMARTS) is 1. The zero-order chi connectivity index (χ0) is 19.6. The van der Waals surface area contributed by atoms with E-state index < -0.39 is 29.3 Å². The molecule has 2 aliphatic rings. The summed E-state index contributed by atoms with van der Waals surface area (Å²) in [6, 6.07) is 2.93. The number of hydrogen-bond donors (Lipinski definition) is 2. The number of hydrogen-bond acceptors (Lipinski definition) is 7. The van der Waals surface area contributed by atoms with Crippen LogP contribution in [0.2, 0.25) is 0 Å². The van der Waals surface area contributed by atoms with Gasteiger partial charge in [-0.15, -0.1) is 23.1 Å². The Morgan fingerprint density at radius 3 is 2.81 bits per heavy atom. The molecule has 1 fully saturated rings. The second-order valence-corrected chi connectivity index (χ2v) is 8.12.